The number of sulfonamides is 1. The third-order valence-electron chi connectivity index (χ3n) is 5.28. The van der Waals surface area contributed by atoms with Crippen molar-refractivity contribution in [2.24, 2.45) is 0 Å². The lowest BCUT2D eigenvalue weighted by Crippen LogP contribution is -2.34. The molecule has 1 heterocycles. The number of ether oxygens (including phenoxy) is 1. The molecular formula is C22H31N3O4SSi. The average Bonchev–Trinajstić information content (AvgIpc) is 3.04. The molecule has 0 aliphatic carbocycles. The molecule has 9 heteroatoms. The largest absolute Gasteiger partial charge is 0.388 e. The van der Waals surface area contributed by atoms with Crippen molar-refractivity contribution in [3.05, 3.63) is 47.7 Å². The fourth-order valence-electron chi connectivity index (χ4n) is 3.24. The predicted octanol–water partition coefficient (Wildman–Crippen LogP) is 4.99. The maximum absolute atomic E-state index is 13.8. The summed E-state index contributed by atoms with van der Waals surface area (Å²) >= 11 is 0. The van der Waals surface area contributed by atoms with Crippen LogP contribution in [0, 0.1) is 13.8 Å². The van der Waals surface area contributed by atoms with Crippen molar-refractivity contribution in [3.8, 4) is 0 Å². The highest BCUT2D eigenvalue weighted by Crippen LogP contribution is 2.34. The number of nitrogens with one attached hydrogen (secondary N) is 1. The van der Waals surface area contributed by atoms with Gasteiger partial charge in [0.1, 0.15) is 6.73 Å². The van der Waals surface area contributed by atoms with Crippen molar-refractivity contribution >= 4 is 40.4 Å². The van der Waals surface area contributed by atoms with E-state index in [9.17, 15) is 8.42 Å². The SMILES string of the molecule is CNc1cccc2c(S(=O)(=O)N(COCC[Si](C)(C)C)c3onc(C)c3C)cccc12. The normalized spacial score (nSPS) is 12.3. The van der Waals surface area contributed by atoms with Gasteiger partial charge in [-0.3, -0.25) is 0 Å². The number of nitrogens with zero attached hydrogens (tertiary/aromatic N) is 2. The summed E-state index contributed by atoms with van der Waals surface area (Å²) in [6.07, 6.45) is 0. The number of rotatable bonds is 9. The van der Waals surface area contributed by atoms with Crippen molar-refractivity contribution in [1.82, 2.24) is 5.16 Å². The lowest BCUT2D eigenvalue weighted by Gasteiger charge is -2.24. The number of fused-ring (bicyclic) bond motifs is 1. The summed E-state index contributed by atoms with van der Waals surface area (Å²) in [4.78, 5) is 0.198. The van der Waals surface area contributed by atoms with Gasteiger partial charge in [-0.25, -0.2) is 12.7 Å². The second-order valence-electron chi connectivity index (χ2n) is 8.81. The highest BCUT2D eigenvalue weighted by molar-refractivity contribution is 7.93. The fourth-order valence-corrected chi connectivity index (χ4v) is 5.54. The zero-order valence-electron chi connectivity index (χ0n) is 19.0. The van der Waals surface area contributed by atoms with E-state index >= 15 is 0 Å². The Balaban J connectivity index is 2.06. The highest BCUT2D eigenvalue weighted by atomic mass is 32.2. The molecule has 0 saturated heterocycles. The Morgan fingerprint density at radius 3 is 2.39 bits per heavy atom. The van der Waals surface area contributed by atoms with Gasteiger partial charge in [0, 0.05) is 43.8 Å². The molecule has 1 aromatic heterocycles. The van der Waals surface area contributed by atoms with Crippen LogP contribution in [0.5, 0.6) is 0 Å². The van der Waals surface area contributed by atoms with Crippen LogP contribution >= 0.6 is 0 Å². The maximum atomic E-state index is 13.8. The Kier molecular flexibility index (Phi) is 6.78. The van der Waals surface area contributed by atoms with E-state index in [2.05, 4.69) is 30.1 Å². The van der Waals surface area contributed by atoms with Gasteiger partial charge in [-0.15, -0.1) is 0 Å². The molecule has 0 saturated carbocycles. The van der Waals surface area contributed by atoms with Crippen molar-refractivity contribution in [3.63, 3.8) is 0 Å². The summed E-state index contributed by atoms with van der Waals surface area (Å²) < 4.78 is 40.1. The zero-order valence-corrected chi connectivity index (χ0v) is 20.8. The van der Waals surface area contributed by atoms with E-state index < -0.39 is 18.1 Å². The number of anilines is 2. The summed E-state index contributed by atoms with van der Waals surface area (Å²) in [5.41, 5.74) is 2.18. The Labute approximate surface area is 185 Å². The minimum atomic E-state index is -3.97. The summed E-state index contributed by atoms with van der Waals surface area (Å²) in [5, 5.41) is 8.55. The molecule has 3 aromatic rings. The van der Waals surface area contributed by atoms with Crippen LogP contribution in [0.25, 0.3) is 10.8 Å². The maximum Gasteiger partial charge on any atom is 0.269 e. The molecule has 7 nitrogen and oxygen atoms in total. The van der Waals surface area contributed by atoms with Gasteiger partial charge < -0.3 is 14.6 Å². The molecule has 0 unspecified atom stereocenters. The number of benzene rings is 2. The van der Waals surface area contributed by atoms with E-state index in [-0.39, 0.29) is 17.5 Å². The van der Waals surface area contributed by atoms with Gasteiger partial charge in [-0.05, 0) is 32.0 Å². The predicted molar refractivity (Wildman–Crippen MR) is 128 cm³/mol. The smallest absolute Gasteiger partial charge is 0.269 e. The Morgan fingerprint density at radius 2 is 1.77 bits per heavy atom. The van der Waals surface area contributed by atoms with Crippen LogP contribution in [0.2, 0.25) is 25.7 Å². The molecule has 0 atom stereocenters. The molecule has 0 spiro atoms. The van der Waals surface area contributed by atoms with Gasteiger partial charge in [-0.1, -0.05) is 49.1 Å². The number of aryl methyl sites for hydroxylation is 1. The van der Waals surface area contributed by atoms with Gasteiger partial charge in [0.15, 0.2) is 0 Å². The average molecular weight is 462 g/mol. The first kappa shape index (κ1) is 23.3. The molecule has 168 valence electrons. The Morgan fingerprint density at radius 1 is 1.10 bits per heavy atom. The van der Waals surface area contributed by atoms with Crippen molar-refractivity contribution < 1.29 is 17.7 Å². The second kappa shape index (κ2) is 9.02. The van der Waals surface area contributed by atoms with E-state index in [4.69, 9.17) is 9.26 Å². The molecule has 0 radical (unpaired) electrons. The molecular weight excluding hydrogens is 430 g/mol. The third kappa shape index (κ3) is 4.94. The summed E-state index contributed by atoms with van der Waals surface area (Å²) in [5.74, 6) is 0.187. The number of hydrogen-bond donors (Lipinski definition) is 1. The van der Waals surface area contributed by atoms with Gasteiger partial charge in [0.2, 0.25) is 5.88 Å². The first-order valence-electron chi connectivity index (χ1n) is 10.3. The van der Waals surface area contributed by atoms with Crippen LogP contribution in [0.1, 0.15) is 11.3 Å². The second-order valence-corrected chi connectivity index (χ2v) is 16.3. The fraction of sp³-hybridized carbons (Fsp3) is 0.409. The van der Waals surface area contributed by atoms with Gasteiger partial charge in [0.25, 0.3) is 10.0 Å². The molecule has 3 rings (SSSR count). The molecule has 0 aliphatic rings. The van der Waals surface area contributed by atoms with E-state index in [1.807, 2.05) is 31.3 Å². The first-order valence-corrected chi connectivity index (χ1v) is 15.4. The van der Waals surface area contributed by atoms with E-state index in [1.165, 1.54) is 4.31 Å². The Hall–Kier alpha value is -2.36. The lowest BCUT2D eigenvalue weighted by molar-refractivity contribution is 0.153. The molecule has 1 N–H and O–H groups in total. The van der Waals surface area contributed by atoms with E-state index in [1.54, 1.807) is 26.0 Å². The summed E-state index contributed by atoms with van der Waals surface area (Å²) in [7, 11) is -3.47. The monoisotopic (exact) mass is 461 g/mol. The van der Waals surface area contributed by atoms with Crippen molar-refractivity contribution in [2.75, 3.05) is 30.0 Å². The molecule has 0 fully saturated rings. The van der Waals surface area contributed by atoms with Crippen LogP contribution in [-0.2, 0) is 14.8 Å². The topological polar surface area (TPSA) is 84.7 Å². The highest BCUT2D eigenvalue weighted by Gasteiger charge is 2.32. The van der Waals surface area contributed by atoms with E-state index in [0.717, 1.165) is 17.1 Å². The van der Waals surface area contributed by atoms with Crippen LogP contribution < -0.4 is 9.62 Å². The Bertz CT molecular complexity index is 1170. The molecule has 0 amide bonds. The summed E-state index contributed by atoms with van der Waals surface area (Å²) in [6, 6.07) is 11.8. The number of aromatic nitrogens is 1. The summed E-state index contributed by atoms with van der Waals surface area (Å²) in [6.45, 7) is 10.7. The molecule has 31 heavy (non-hydrogen) atoms. The first-order chi connectivity index (χ1) is 14.6. The minimum Gasteiger partial charge on any atom is -0.388 e. The minimum absolute atomic E-state index is 0.135. The third-order valence-corrected chi connectivity index (χ3v) is 8.75. The molecule has 0 bridgehead atoms. The van der Waals surface area contributed by atoms with Crippen LogP contribution in [0.15, 0.2) is 45.8 Å². The van der Waals surface area contributed by atoms with Gasteiger partial charge in [0.05, 0.1) is 10.6 Å². The van der Waals surface area contributed by atoms with Crippen molar-refractivity contribution in [1.29, 1.82) is 0 Å². The van der Waals surface area contributed by atoms with Crippen LogP contribution in [0.4, 0.5) is 11.6 Å². The van der Waals surface area contributed by atoms with Gasteiger partial charge in [-0.2, -0.15) is 0 Å². The van der Waals surface area contributed by atoms with Gasteiger partial charge >= 0.3 is 0 Å². The van der Waals surface area contributed by atoms with Crippen LogP contribution in [0.3, 0.4) is 0 Å². The molecule has 0 aliphatic heterocycles. The zero-order chi connectivity index (χ0) is 22.8. The lowest BCUT2D eigenvalue weighted by atomic mass is 10.1. The standard InChI is InChI=1S/C22H31N3O4SSi/c1-16-17(2)24-29-22(16)25(15-28-13-14-31(4,5)6)30(26,27)21-12-8-9-18-19(21)10-7-11-20(18)23-3/h7-12,23H,13-15H2,1-6H3. The quantitative estimate of drug-likeness (QED) is 0.274. The van der Waals surface area contributed by atoms with Crippen molar-refractivity contribution in [2.45, 2.75) is 44.4 Å². The number of hydrogen-bond acceptors (Lipinski definition) is 6. The molecule has 2 aromatic carbocycles. The van der Waals surface area contributed by atoms with Crippen LogP contribution in [-0.4, -0.2) is 42.0 Å². The van der Waals surface area contributed by atoms with E-state index in [0.29, 0.717) is 23.3 Å².